The van der Waals surface area contributed by atoms with Crippen LogP contribution >= 0.6 is 0 Å². The van der Waals surface area contributed by atoms with Crippen molar-refractivity contribution in [2.45, 2.75) is 44.8 Å². The quantitative estimate of drug-likeness (QED) is 0.841. The van der Waals surface area contributed by atoms with Crippen LogP contribution in [0.2, 0.25) is 0 Å². The number of carbonyl (C=O) groups excluding carboxylic acids is 1. The van der Waals surface area contributed by atoms with Crippen molar-refractivity contribution in [1.82, 2.24) is 4.98 Å². The van der Waals surface area contributed by atoms with Crippen LogP contribution in [0.5, 0.6) is 5.88 Å². The molecule has 0 radical (unpaired) electrons. The lowest BCUT2D eigenvalue weighted by Gasteiger charge is -2.29. The van der Waals surface area contributed by atoms with Crippen LogP contribution in [0.15, 0.2) is 18.3 Å². The average molecular weight is 264 g/mol. The van der Waals surface area contributed by atoms with Gasteiger partial charge in [-0.2, -0.15) is 0 Å². The summed E-state index contributed by atoms with van der Waals surface area (Å²) in [5.74, 6) is -0.0849. The van der Waals surface area contributed by atoms with E-state index in [9.17, 15) is 4.79 Å². The average Bonchev–Trinajstić information content (AvgIpc) is 2.42. The van der Waals surface area contributed by atoms with E-state index in [-0.39, 0.29) is 12.1 Å². The Morgan fingerprint density at radius 3 is 3.00 bits per heavy atom. The van der Waals surface area contributed by atoms with Crippen molar-refractivity contribution in [3.8, 4) is 5.88 Å². The molecule has 0 bridgehead atoms. The van der Waals surface area contributed by atoms with E-state index < -0.39 is 5.97 Å². The highest BCUT2D eigenvalue weighted by molar-refractivity contribution is 5.91. The maximum atomic E-state index is 11.8. The fraction of sp³-hybridized carbons (Fsp3) is 0.571. The summed E-state index contributed by atoms with van der Waals surface area (Å²) in [5, 5.41) is 0. The predicted octanol–water partition coefficient (Wildman–Crippen LogP) is 1.91. The molecule has 2 rings (SSSR count). The summed E-state index contributed by atoms with van der Waals surface area (Å²) in [5.41, 5.74) is 6.41. The standard InChI is InChI=1S/C14H20N2O3/c1-2-18-14(17)10-6-5-9-16-13(10)19-12-8-4-3-7-11(12)15/h5-6,9,11-12H,2-4,7-8,15H2,1H3. The van der Waals surface area contributed by atoms with Gasteiger partial charge in [-0.05, 0) is 38.3 Å². The summed E-state index contributed by atoms with van der Waals surface area (Å²) >= 11 is 0. The van der Waals surface area contributed by atoms with Gasteiger partial charge in [0.15, 0.2) is 0 Å². The van der Waals surface area contributed by atoms with Gasteiger partial charge >= 0.3 is 5.97 Å². The van der Waals surface area contributed by atoms with Crippen LogP contribution in [0.4, 0.5) is 0 Å². The first-order chi connectivity index (χ1) is 9.22. The topological polar surface area (TPSA) is 74.4 Å². The molecule has 1 heterocycles. The smallest absolute Gasteiger partial charge is 0.343 e. The summed E-state index contributed by atoms with van der Waals surface area (Å²) in [6.07, 6.45) is 5.61. The van der Waals surface area contributed by atoms with E-state index in [0.717, 1.165) is 25.7 Å². The number of esters is 1. The van der Waals surface area contributed by atoms with Crippen molar-refractivity contribution in [2.75, 3.05) is 6.61 Å². The molecule has 5 heteroatoms. The van der Waals surface area contributed by atoms with E-state index in [2.05, 4.69) is 4.98 Å². The van der Waals surface area contributed by atoms with Crippen LogP contribution in [0.3, 0.4) is 0 Å². The number of hydrogen-bond donors (Lipinski definition) is 1. The van der Waals surface area contributed by atoms with E-state index in [1.807, 2.05) is 0 Å². The highest BCUT2D eigenvalue weighted by atomic mass is 16.5. The van der Waals surface area contributed by atoms with Crippen molar-refractivity contribution >= 4 is 5.97 Å². The van der Waals surface area contributed by atoms with Gasteiger partial charge in [-0.25, -0.2) is 9.78 Å². The van der Waals surface area contributed by atoms with Crippen molar-refractivity contribution in [3.05, 3.63) is 23.9 Å². The highest BCUT2D eigenvalue weighted by Crippen LogP contribution is 2.24. The number of nitrogens with zero attached hydrogens (tertiary/aromatic N) is 1. The van der Waals surface area contributed by atoms with Gasteiger partial charge in [-0.1, -0.05) is 6.42 Å². The van der Waals surface area contributed by atoms with Gasteiger partial charge in [0.2, 0.25) is 5.88 Å². The molecule has 0 aliphatic heterocycles. The van der Waals surface area contributed by atoms with Crippen molar-refractivity contribution < 1.29 is 14.3 Å². The van der Waals surface area contributed by atoms with E-state index >= 15 is 0 Å². The Labute approximate surface area is 113 Å². The Kier molecular flexibility index (Phi) is 4.74. The Bertz CT molecular complexity index is 436. The molecular formula is C14H20N2O3. The molecule has 104 valence electrons. The van der Waals surface area contributed by atoms with Crippen LogP contribution in [-0.2, 0) is 4.74 Å². The molecule has 1 aliphatic rings. The summed E-state index contributed by atoms with van der Waals surface area (Å²) in [6, 6.07) is 3.36. The van der Waals surface area contributed by atoms with Gasteiger partial charge in [-0.15, -0.1) is 0 Å². The first-order valence-corrected chi connectivity index (χ1v) is 6.76. The maximum Gasteiger partial charge on any atom is 0.343 e. The van der Waals surface area contributed by atoms with E-state index in [4.69, 9.17) is 15.2 Å². The first kappa shape index (κ1) is 13.8. The van der Waals surface area contributed by atoms with Gasteiger partial charge in [0.1, 0.15) is 11.7 Å². The number of nitrogens with two attached hydrogens (primary N) is 1. The zero-order valence-electron chi connectivity index (χ0n) is 11.2. The first-order valence-electron chi connectivity index (χ1n) is 6.76. The number of pyridine rings is 1. The summed E-state index contributed by atoms with van der Waals surface area (Å²) in [4.78, 5) is 15.9. The van der Waals surface area contributed by atoms with Gasteiger partial charge in [0.25, 0.3) is 0 Å². The van der Waals surface area contributed by atoms with Gasteiger partial charge < -0.3 is 15.2 Å². The third kappa shape index (κ3) is 3.44. The number of carbonyl (C=O) groups is 1. The Morgan fingerprint density at radius 2 is 2.26 bits per heavy atom. The van der Waals surface area contributed by atoms with Crippen LogP contribution < -0.4 is 10.5 Å². The minimum atomic E-state index is -0.407. The van der Waals surface area contributed by atoms with E-state index in [1.54, 1.807) is 25.3 Å². The lowest BCUT2D eigenvalue weighted by molar-refractivity contribution is 0.0512. The molecule has 19 heavy (non-hydrogen) atoms. The van der Waals surface area contributed by atoms with E-state index in [1.165, 1.54) is 0 Å². The zero-order valence-corrected chi connectivity index (χ0v) is 11.2. The van der Waals surface area contributed by atoms with Crippen LogP contribution in [0, 0.1) is 0 Å². The molecule has 1 fully saturated rings. The normalized spacial score (nSPS) is 22.8. The van der Waals surface area contributed by atoms with Crippen LogP contribution in [-0.4, -0.2) is 29.7 Å². The van der Waals surface area contributed by atoms with Crippen LogP contribution in [0.25, 0.3) is 0 Å². The van der Waals surface area contributed by atoms with Gasteiger partial charge in [-0.3, -0.25) is 0 Å². The van der Waals surface area contributed by atoms with Gasteiger partial charge in [0.05, 0.1) is 6.61 Å². The second kappa shape index (κ2) is 6.52. The molecule has 0 amide bonds. The molecule has 1 saturated carbocycles. The molecule has 0 aromatic carbocycles. The Hall–Kier alpha value is -1.62. The third-order valence-electron chi connectivity index (χ3n) is 3.28. The Morgan fingerprint density at radius 1 is 1.47 bits per heavy atom. The molecule has 2 unspecified atom stereocenters. The lowest BCUT2D eigenvalue weighted by atomic mass is 9.93. The second-order valence-electron chi connectivity index (χ2n) is 4.68. The largest absolute Gasteiger partial charge is 0.472 e. The number of rotatable bonds is 4. The zero-order chi connectivity index (χ0) is 13.7. The summed E-state index contributed by atoms with van der Waals surface area (Å²) in [7, 11) is 0. The van der Waals surface area contributed by atoms with Crippen molar-refractivity contribution in [2.24, 2.45) is 5.73 Å². The maximum absolute atomic E-state index is 11.8. The molecular weight excluding hydrogens is 244 g/mol. The second-order valence-corrected chi connectivity index (χ2v) is 4.68. The summed E-state index contributed by atoms with van der Waals surface area (Å²) in [6.45, 7) is 2.10. The van der Waals surface area contributed by atoms with Gasteiger partial charge in [0, 0.05) is 12.2 Å². The molecule has 0 spiro atoms. The fourth-order valence-electron chi connectivity index (χ4n) is 2.26. The SMILES string of the molecule is CCOC(=O)c1cccnc1OC1CCCCC1N. The number of aromatic nitrogens is 1. The van der Waals surface area contributed by atoms with Crippen LogP contribution in [0.1, 0.15) is 43.0 Å². The molecule has 0 saturated heterocycles. The van der Waals surface area contributed by atoms with Crippen molar-refractivity contribution in [3.63, 3.8) is 0 Å². The minimum Gasteiger partial charge on any atom is -0.472 e. The Balaban J connectivity index is 2.13. The lowest BCUT2D eigenvalue weighted by Crippen LogP contribution is -2.41. The minimum absolute atomic E-state index is 0.00537. The number of ether oxygens (including phenoxy) is 2. The van der Waals surface area contributed by atoms with E-state index in [0.29, 0.717) is 18.1 Å². The predicted molar refractivity (Wildman–Crippen MR) is 71.1 cm³/mol. The molecule has 5 nitrogen and oxygen atoms in total. The third-order valence-corrected chi connectivity index (χ3v) is 3.28. The molecule has 1 aromatic rings. The summed E-state index contributed by atoms with van der Waals surface area (Å²) < 4.78 is 10.8. The molecule has 1 aliphatic carbocycles. The molecule has 1 aromatic heterocycles. The molecule has 2 atom stereocenters. The highest BCUT2D eigenvalue weighted by Gasteiger charge is 2.26. The fourth-order valence-corrected chi connectivity index (χ4v) is 2.26. The number of hydrogen-bond acceptors (Lipinski definition) is 5. The monoisotopic (exact) mass is 264 g/mol. The molecule has 2 N–H and O–H groups in total. The van der Waals surface area contributed by atoms with Crippen molar-refractivity contribution in [1.29, 1.82) is 0 Å².